The van der Waals surface area contributed by atoms with E-state index in [1.165, 1.54) is 24.3 Å². The highest BCUT2D eigenvalue weighted by Crippen LogP contribution is 2.33. The molecule has 1 aromatic carbocycles. The Balaban J connectivity index is 1.55. The first-order valence-corrected chi connectivity index (χ1v) is 10.6. The van der Waals surface area contributed by atoms with Crippen molar-refractivity contribution in [3.05, 3.63) is 53.7 Å². The van der Waals surface area contributed by atoms with E-state index in [0.717, 1.165) is 5.56 Å². The lowest BCUT2D eigenvalue weighted by atomic mass is 10.1. The first-order chi connectivity index (χ1) is 13.6. The minimum Gasteiger partial charge on any atom is -0.484 e. The third kappa shape index (κ3) is 6.05. The summed E-state index contributed by atoms with van der Waals surface area (Å²) in [5, 5.41) is 3.15. The molecule has 1 aliphatic heterocycles. The van der Waals surface area contributed by atoms with Gasteiger partial charge in [-0.25, -0.2) is 13.4 Å². The normalized spacial score (nSPS) is 17.7. The Bertz CT molecular complexity index is 936. The number of halogens is 3. The lowest BCUT2D eigenvalue weighted by Crippen LogP contribution is -2.38. The Morgan fingerprint density at radius 3 is 2.62 bits per heavy atom. The van der Waals surface area contributed by atoms with Gasteiger partial charge in [-0.2, -0.15) is 17.9 Å². The summed E-state index contributed by atoms with van der Waals surface area (Å²) in [6.45, 7) is 1.21. The Labute approximate surface area is 166 Å². The molecule has 0 saturated heterocycles. The van der Waals surface area contributed by atoms with Gasteiger partial charge in [0, 0.05) is 19.3 Å². The average Bonchev–Trinajstić information content (AvgIpc) is 2.65. The number of alkyl halides is 3. The Morgan fingerprint density at radius 1 is 1.24 bits per heavy atom. The van der Waals surface area contributed by atoms with Crippen LogP contribution < -0.4 is 19.5 Å². The Morgan fingerprint density at radius 2 is 1.97 bits per heavy atom. The lowest BCUT2D eigenvalue weighted by molar-refractivity contribution is -0.153. The maximum absolute atomic E-state index is 13.2. The SMILES string of the molecule is CS(=O)(=O)N[C@@H](c1ccc(CNC[C@H]2COc3cccnc3O2)cc1)C(F)(F)F. The zero-order chi connectivity index (χ0) is 21.1. The quantitative estimate of drug-likeness (QED) is 0.699. The van der Waals surface area contributed by atoms with E-state index in [-0.39, 0.29) is 11.7 Å². The lowest BCUT2D eigenvalue weighted by Gasteiger charge is -2.25. The van der Waals surface area contributed by atoms with Crippen molar-refractivity contribution >= 4 is 10.0 Å². The standard InChI is InChI=1S/C18H20F3N3O4S/c1-29(25,26)24-16(18(19,20)21)13-6-4-12(5-7-13)9-22-10-14-11-27-15-3-2-8-23-17(15)28-14/h2-8,14,16,22,24H,9-11H2,1H3/t14-,16-/m0/s1. The van der Waals surface area contributed by atoms with Crippen molar-refractivity contribution < 1.29 is 31.1 Å². The predicted octanol–water partition coefficient (Wildman–Crippen LogP) is 2.16. The van der Waals surface area contributed by atoms with Gasteiger partial charge in [0.15, 0.2) is 5.75 Å². The fraction of sp³-hybridized carbons (Fsp3) is 0.389. The van der Waals surface area contributed by atoms with Gasteiger partial charge in [-0.3, -0.25) is 0 Å². The van der Waals surface area contributed by atoms with E-state index in [4.69, 9.17) is 9.47 Å². The molecule has 7 nitrogen and oxygen atoms in total. The molecule has 2 atom stereocenters. The molecule has 0 bridgehead atoms. The molecule has 2 aromatic rings. The number of hydrogen-bond donors (Lipinski definition) is 2. The van der Waals surface area contributed by atoms with Crippen LogP contribution in [0.2, 0.25) is 0 Å². The van der Waals surface area contributed by atoms with Crippen LogP contribution in [0.1, 0.15) is 17.2 Å². The number of nitrogens with zero attached hydrogens (tertiary/aromatic N) is 1. The van der Waals surface area contributed by atoms with E-state index < -0.39 is 22.2 Å². The van der Waals surface area contributed by atoms with Gasteiger partial charge < -0.3 is 14.8 Å². The van der Waals surface area contributed by atoms with Gasteiger partial charge in [-0.15, -0.1) is 0 Å². The summed E-state index contributed by atoms with van der Waals surface area (Å²) in [5.41, 5.74) is 0.558. The van der Waals surface area contributed by atoms with Crippen molar-refractivity contribution in [2.75, 3.05) is 19.4 Å². The zero-order valence-electron chi connectivity index (χ0n) is 15.4. The highest BCUT2D eigenvalue weighted by Gasteiger charge is 2.42. The van der Waals surface area contributed by atoms with E-state index in [1.54, 1.807) is 23.1 Å². The number of nitrogens with one attached hydrogen (secondary N) is 2. The number of hydrogen-bond acceptors (Lipinski definition) is 6. The molecule has 158 valence electrons. The maximum Gasteiger partial charge on any atom is 0.408 e. The van der Waals surface area contributed by atoms with Gasteiger partial charge >= 0.3 is 6.18 Å². The van der Waals surface area contributed by atoms with Crippen molar-refractivity contribution in [2.24, 2.45) is 0 Å². The number of benzene rings is 1. The van der Waals surface area contributed by atoms with Crippen molar-refractivity contribution in [1.82, 2.24) is 15.0 Å². The van der Waals surface area contributed by atoms with E-state index in [0.29, 0.717) is 37.6 Å². The molecule has 1 aliphatic rings. The summed E-state index contributed by atoms with van der Waals surface area (Å²) in [4.78, 5) is 4.09. The Hall–Kier alpha value is -2.37. The molecule has 29 heavy (non-hydrogen) atoms. The molecule has 2 heterocycles. The van der Waals surface area contributed by atoms with Gasteiger partial charge in [0.05, 0.1) is 6.26 Å². The Kier molecular flexibility index (Phi) is 6.30. The van der Waals surface area contributed by atoms with Crippen LogP contribution in [0.4, 0.5) is 13.2 Å². The zero-order valence-corrected chi connectivity index (χ0v) is 16.3. The monoisotopic (exact) mass is 431 g/mol. The molecule has 3 rings (SSSR count). The van der Waals surface area contributed by atoms with Crippen molar-refractivity contribution in [1.29, 1.82) is 0 Å². The molecule has 2 N–H and O–H groups in total. The topological polar surface area (TPSA) is 89.6 Å². The molecular weight excluding hydrogens is 411 g/mol. The minimum atomic E-state index is -4.74. The minimum absolute atomic E-state index is 0.182. The number of ether oxygens (including phenoxy) is 2. The fourth-order valence-electron chi connectivity index (χ4n) is 2.79. The van der Waals surface area contributed by atoms with Crippen molar-refractivity contribution in [3.8, 4) is 11.6 Å². The number of aromatic nitrogens is 1. The van der Waals surface area contributed by atoms with Crippen molar-refractivity contribution in [3.63, 3.8) is 0 Å². The molecule has 11 heteroatoms. The maximum atomic E-state index is 13.2. The predicted molar refractivity (Wildman–Crippen MR) is 99.1 cm³/mol. The number of fused-ring (bicyclic) bond motifs is 1. The van der Waals surface area contributed by atoms with Gasteiger partial charge in [0.2, 0.25) is 10.0 Å². The summed E-state index contributed by atoms with van der Waals surface area (Å²) < 4.78 is 74.9. The molecule has 0 unspecified atom stereocenters. The molecule has 0 aliphatic carbocycles. The second-order valence-electron chi connectivity index (χ2n) is 6.59. The van der Waals surface area contributed by atoms with Crippen molar-refractivity contribution in [2.45, 2.75) is 24.9 Å². The summed E-state index contributed by atoms with van der Waals surface area (Å²) in [5.74, 6) is 1.01. The highest BCUT2D eigenvalue weighted by molar-refractivity contribution is 7.88. The van der Waals surface area contributed by atoms with Gasteiger partial charge in [0.25, 0.3) is 5.88 Å². The van der Waals surface area contributed by atoms with E-state index in [1.807, 2.05) is 0 Å². The van der Waals surface area contributed by atoms with Crippen LogP contribution in [-0.4, -0.2) is 45.1 Å². The van der Waals surface area contributed by atoms with Gasteiger partial charge in [0.1, 0.15) is 18.8 Å². The molecule has 0 fully saturated rings. The number of sulfonamides is 1. The van der Waals surface area contributed by atoms with Gasteiger partial charge in [-0.05, 0) is 23.3 Å². The third-order valence-electron chi connectivity index (χ3n) is 4.11. The summed E-state index contributed by atoms with van der Waals surface area (Å²) in [6, 6.07) is 6.77. The summed E-state index contributed by atoms with van der Waals surface area (Å²) >= 11 is 0. The molecule has 0 radical (unpaired) electrons. The fourth-order valence-corrected chi connectivity index (χ4v) is 3.49. The number of pyridine rings is 1. The second kappa shape index (κ2) is 8.56. The van der Waals surface area contributed by atoms with Crippen LogP contribution in [0.5, 0.6) is 11.6 Å². The molecule has 0 amide bonds. The van der Waals surface area contributed by atoms with Crippen LogP contribution in [-0.2, 0) is 16.6 Å². The van der Waals surface area contributed by atoms with Gasteiger partial charge in [-0.1, -0.05) is 24.3 Å². The molecule has 1 aromatic heterocycles. The van der Waals surface area contributed by atoms with E-state index in [2.05, 4.69) is 10.3 Å². The largest absolute Gasteiger partial charge is 0.484 e. The smallest absolute Gasteiger partial charge is 0.408 e. The van der Waals surface area contributed by atoms with Crippen LogP contribution >= 0.6 is 0 Å². The van der Waals surface area contributed by atoms with Crippen LogP contribution in [0.15, 0.2) is 42.6 Å². The van der Waals surface area contributed by atoms with Crippen LogP contribution in [0.3, 0.4) is 0 Å². The highest BCUT2D eigenvalue weighted by atomic mass is 32.2. The average molecular weight is 431 g/mol. The molecule has 0 saturated carbocycles. The summed E-state index contributed by atoms with van der Waals surface area (Å²) in [7, 11) is -4.03. The first kappa shape index (κ1) is 21.3. The van der Waals surface area contributed by atoms with Crippen LogP contribution in [0, 0.1) is 0 Å². The van der Waals surface area contributed by atoms with Crippen LogP contribution in [0.25, 0.3) is 0 Å². The first-order valence-electron chi connectivity index (χ1n) is 8.70. The molecular formula is C18H20F3N3O4S. The third-order valence-corrected chi connectivity index (χ3v) is 4.78. The second-order valence-corrected chi connectivity index (χ2v) is 8.37. The van der Waals surface area contributed by atoms with E-state index >= 15 is 0 Å². The molecule has 0 spiro atoms. The number of rotatable bonds is 7. The summed E-state index contributed by atoms with van der Waals surface area (Å²) in [6.07, 6.45) is -2.70. The van der Waals surface area contributed by atoms with E-state index in [9.17, 15) is 21.6 Å².